The van der Waals surface area contributed by atoms with Crippen LogP contribution in [0.1, 0.15) is 48.7 Å². The summed E-state index contributed by atoms with van der Waals surface area (Å²) < 4.78 is 4.81. The summed E-state index contributed by atoms with van der Waals surface area (Å²) in [6, 6.07) is 0.560. The summed E-state index contributed by atoms with van der Waals surface area (Å²) in [4.78, 5) is 57.3. The van der Waals surface area contributed by atoms with Gasteiger partial charge in [-0.15, -0.1) is 0 Å². The molecule has 14 heteroatoms. The van der Waals surface area contributed by atoms with Crippen molar-refractivity contribution >= 4 is 29.3 Å². The number of aliphatic hydroxyl groups is 4. The Morgan fingerprint density at radius 3 is 2.24 bits per heavy atom. The van der Waals surface area contributed by atoms with Gasteiger partial charge in [-0.1, -0.05) is 20.8 Å². The van der Waals surface area contributed by atoms with Crippen LogP contribution in [-0.2, 0) is 27.3 Å². The second-order valence-corrected chi connectivity index (χ2v) is 13.6. The van der Waals surface area contributed by atoms with Crippen molar-refractivity contribution in [3.63, 3.8) is 0 Å². The molecule has 0 bridgehead atoms. The van der Waals surface area contributed by atoms with Gasteiger partial charge < -0.3 is 45.8 Å². The molecule has 3 aliphatic rings. The van der Waals surface area contributed by atoms with E-state index in [9.17, 15) is 44.7 Å². The minimum atomic E-state index is -2.75. The van der Waals surface area contributed by atoms with Crippen LogP contribution in [0.4, 0.5) is 10.5 Å². The number of amides is 2. The fraction of sp³-hybridized carbons (Fsp3) is 0.548. The number of Topliss-reactive ketones (excluding diaryl/α,β-unsaturated/α-hetero) is 2. The lowest BCUT2D eigenvalue weighted by Crippen LogP contribution is -2.63. The number of fused-ring (bicyclic) bond motifs is 3. The van der Waals surface area contributed by atoms with Crippen LogP contribution >= 0.6 is 0 Å². The van der Waals surface area contributed by atoms with E-state index in [2.05, 4.69) is 0 Å². The van der Waals surface area contributed by atoms with Crippen LogP contribution in [0.5, 0.6) is 5.75 Å². The van der Waals surface area contributed by atoms with Crippen LogP contribution in [0, 0.1) is 17.3 Å². The Morgan fingerprint density at radius 2 is 1.73 bits per heavy atom. The fourth-order valence-corrected chi connectivity index (χ4v) is 6.98. The van der Waals surface area contributed by atoms with Crippen molar-refractivity contribution in [2.45, 2.75) is 51.8 Å². The van der Waals surface area contributed by atoms with E-state index >= 15 is 0 Å². The maximum Gasteiger partial charge on any atom is 0.412 e. The van der Waals surface area contributed by atoms with Gasteiger partial charge in [0, 0.05) is 43.4 Å². The molecule has 14 nitrogen and oxygen atoms in total. The van der Waals surface area contributed by atoms with E-state index in [4.69, 9.17) is 10.5 Å². The molecule has 0 heterocycles. The molecule has 1 aromatic carbocycles. The van der Waals surface area contributed by atoms with E-state index in [0.717, 1.165) is 0 Å². The second-order valence-electron chi connectivity index (χ2n) is 13.6. The highest BCUT2D eigenvalue weighted by molar-refractivity contribution is 6.25. The Balaban J connectivity index is 1.91. The third-order valence-corrected chi connectivity index (χ3v) is 8.73. The topological polar surface area (TPSA) is 214 Å². The van der Waals surface area contributed by atoms with Gasteiger partial charge in [-0.2, -0.15) is 0 Å². The summed E-state index contributed by atoms with van der Waals surface area (Å²) in [6.45, 7) is 4.78. The van der Waals surface area contributed by atoms with Gasteiger partial charge in [0.05, 0.1) is 18.2 Å². The molecule has 246 valence electrons. The van der Waals surface area contributed by atoms with Crippen LogP contribution < -0.4 is 10.6 Å². The molecule has 2 amide bonds. The molecular formula is C31H42N4O10. The van der Waals surface area contributed by atoms with Crippen LogP contribution in [0.25, 0.3) is 0 Å². The number of likely N-dealkylation sites (N-methyl/N-ethyl adjacent to an activating group) is 1. The SMILES string of the molecule is CN(C)c1cc(CN(CC(C)(C)C)C(=O)OCO)c(O)c2c1C[C@H]1C[C@H]3[C@H](N(C)C)C(O)=C(C(N)=O)C(=O)[C@@]3(O)C(O)=C1C2=O. The first-order chi connectivity index (χ1) is 20.8. The Bertz CT molecular complexity index is 1520. The maximum atomic E-state index is 14.3. The summed E-state index contributed by atoms with van der Waals surface area (Å²) in [7, 11) is 6.62. The molecule has 0 saturated carbocycles. The number of rotatable bonds is 7. The van der Waals surface area contributed by atoms with E-state index in [-0.39, 0.29) is 42.6 Å². The number of carbonyl (C=O) groups is 4. The number of hydrogen-bond donors (Lipinski definition) is 6. The van der Waals surface area contributed by atoms with Gasteiger partial charge in [-0.3, -0.25) is 19.3 Å². The molecule has 45 heavy (non-hydrogen) atoms. The Morgan fingerprint density at radius 1 is 1.11 bits per heavy atom. The molecule has 0 saturated heterocycles. The number of ketones is 2. The van der Waals surface area contributed by atoms with Gasteiger partial charge >= 0.3 is 6.09 Å². The number of ether oxygens (including phenoxy) is 1. The minimum absolute atomic E-state index is 0.0342. The van der Waals surface area contributed by atoms with Crippen molar-refractivity contribution in [1.29, 1.82) is 0 Å². The number of phenols is 1. The molecule has 0 unspecified atom stereocenters. The molecule has 4 rings (SSSR count). The maximum absolute atomic E-state index is 14.3. The molecule has 0 aromatic heterocycles. The molecule has 0 spiro atoms. The molecule has 7 N–H and O–H groups in total. The van der Waals surface area contributed by atoms with Gasteiger partial charge in [0.1, 0.15) is 22.8 Å². The summed E-state index contributed by atoms with van der Waals surface area (Å²) in [5.74, 6) is -7.36. The smallest absolute Gasteiger partial charge is 0.412 e. The van der Waals surface area contributed by atoms with Crippen molar-refractivity contribution < 1.29 is 49.4 Å². The third-order valence-electron chi connectivity index (χ3n) is 8.73. The van der Waals surface area contributed by atoms with Gasteiger partial charge in [0.2, 0.25) is 5.78 Å². The molecule has 3 aliphatic carbocycles. The third kappa shape index (κ3) is 5.51. The van der Waals surface area contributed by atoms with Crippen molar-refractivity contribution in [1.82, 2.24) is 9.80 Å². The largest absolute Gasteiger partial charge is 0.510 e. The Kier molecular flexibility index (Phi) is 8.74. The van der Waals surface area contributed by atoms with Gasteiger partial charge in [0.15, 0.2) is 18.2 Å². The zero-order valence-electron chi connectivity index (χ0n) is 26.5. The van der Waals surface area contributed by atoms with Crippen LogP contribution in [0.2, 0.25) is 0 Å². The molecular weight excluding hydrogens is 588 g/mol. The first kappa shape index (κ1) is 33.7. The number of nitrogens with two attached hydrogens (primary N) is 1. The average molecular weight is 631 g/mol. The molecule has 0 aliphatic heterocycles. The Labute approximate surface area is 261 Å². The summed E-state index contributed by atoms with van der Waals surface area (Å²) in [5, 5.41) is 55.1. The van der Waals surface area contributed by atoms with Crippen LogP contribution in [0.3, 0.4) is 0 Å². The first-order valence-electron chi connectivity index (χ1n) is 14.5. The normalized spacial score (nSPS) is 24.7. The summed E-state index contributed by atoms with van der Waals surface area (Å²) in [6.07, 6.45) is -0.752. The van der Waals surface area contributed by atoms with Crippen molar-refractivity contribution in [3.05, 3.63) is 45.4 Å². The number of carbonyl (C=O) groups excluding carboxylic acids is 4. The number of anilines is 1. The number of primary amides is 1. The quantitative estimate of drug-likeness (QED) is 0.185. The number of allylic oxidation sites excluding steroid dienone is 1. The van der Waals surface area contributed by atoms with Gasteiger partial charge in [-0.05, 0) is 49.9 Å². The summed E-state index contributed by atoms with van der Waals surface area (Å²) in [5.41, 5.74) is 2.12. The Hall–Kier alpha value is -4.14. The molecule has 4 atom stereocenters. The van der Waals surface area contributed by atoms with E-state index in [0.29, 0.717) is 11.3 Å². The van der Waals surface area contributed by atoms with Crippen molar-refractivity contribution in [2.75, 3.05) is 46.4 Å². The molecule has 1 aromatic rings. The standard InChI is InChI=1S/C31H42N4O10/c1-30(2,3)12-35(29(43)45-13-36)11-15-10-18(33(4)5)16-8-14-9-17-22(34(6)7)25(39)21(28(32)42)27(41)31(17,44)26(40)19(14)24(38)20(16)23(15)37/h10,14,17,22,36-37,39-40,44H,8-9,11-13H2,1-7H3,(H2,32,42)/t14-,17-,22-,31-/m0/s1. The lowest BCUT2D eigenvalue weighted by Gasteiger charge is -2.50. The first-order valence-corrected chi connectivity index (χ1v) is 14.5. The number of aliphatic hydroxyl groups excluding tert-OH is 3. The zero-order valence-corrected chi connectivity index (χ0v) is 26.5. The number of phenolic OH excluding ortho intramolecular Hbond substituents is 1. The number of aromatic hydroxyl groups is 1. The lowest BCUT2D eigenvalue weighted by atomic mass is 9.58. The zero-order chi connectivity index (χ0) is 33.9. The fourth-order valence-electron chi connectivity index (χ4n) is 6.98. The van der Waals surface area contributed by atoms with Crippen molar-refractivity contribution in [2.24, 2.45) is 23.0 Å². The predicted molar refractivity (Wildman–Crippen MR) is 161 cm³/mol. The second kappa shape index (κ2) is 11.7. The highest BCUT2D eigenvalue weighted by Crippen LogP contribution is 2.53. The summed E-state index contributed by atoms with van der Waals surface area (Å²) >= 11 is 0. The molecule has 0 fully saturated rings. The number of hydrogen-bond acceptors (Lipinski definition) is 12. The average Bonchev–Trinajstić information content (AvgIpc) is 2.90. The number of nitrogens with zero attached hydrogens (tertiary/aromatic N) is 3. The highest BCUT2D eigenvalue weighted by atomic mass is 16.6. The van der Waals surface area contributed by atoms with Gasteiger partial charge in [-0.25, -0.2) is 4.79 Å². The number of benzene rings is 1. The van der Waals surface area contributed by atoms with Gasteiger partial charge in [0.25, 0.3) is 5.91 Å². The van der Waals surface area contributed by atoms with E-state index in [1.165, 1.54) is 9.80 Å². The van der Waals surface area contributed by atoms with Crippen molar-refractivity contribution in [3.8, 4) is 5.75 Å². The predicted octanol–water partition coefficient (Wildman–Crippen LogP) is 1.12. The monoisotopic (exact) mass is 630 g/mol. The van der Waals surface area contributed by atoms with Crippen LogP contribution in [-0.4, -0.2) is 112 Å². The lowest BCUT2D eigenvalue weighted by molar-refractivity contribution is -0.148. The molecule has 0 radical (unpaired) electrons. The van der Waals surface area contributed by atoms with E-state index in [1.54, 1.807) is 39.2 Å². The van der Waals surface area contributed by atoms with Crippen LogP contribution in [0.15, 0.2) is 28.7 Å². The highest BCUT2D eigenvalue weighted by Gasteiger charge is 2.63. The van der Waals surface area contributed by atoms with E-state index in [1.807, 2.05) is 20.8 Å². The van der Waals surface area contributed by atoms with E-state index < -0.39 is 82.1 Å². The minimum Gasteiger partial charge on any atom is -0.510 e.